The summed E-state index contributed by atoms with van der Waals surface area (Å²) in [4.78, 5) is 41.7. The molecular formula is C21H14N4O5S. The van der Waals surface area contributed by atoms with Crippen LogP contribution in [0.5, 0.6) is 5.75 Å². The van der Waals surface area contributed by atoms with Crippen LogP contribution in [0.3, 0.4) is 0 Å². The molecule has 2 N–H and O–H groups in total. The van der Waals surface area contributed by atoms with Crippen LogP contribution in [-0.2, 0) is 16.1 Å². The molecule has 154 valence electrons. The van der Waals surface area contributed by atoms with Gasteiger partial charge in [0.15, 0.2) is 11.4 Å². The fourth-order valence-electron chi connectivity index (χ4n) is 3.38. The first-order valence-electron chi connectivity index (χ1n) is 9.00. The molecule has 3 aromatic heterocycles. The molecule has 1 aromatic carbocycles. The Kier molecular flexibility index (Phi) is 5.10. The Morgan fingerprint density at radius 2 is 2.03 bits per heavy atom. The van der Waals surface area contributed by atoms with Gasteiger partial charge in [-0.15, -0.1) is 11.3 Å². The monoisotopic (exact) mass is 434 g/mol. The van der Waals surface area contributed by atoms with E-state index < -0.39 is 29.5 Å². The van der Waals surface area contributed by atoms with Gasteiger partial charge in [0.25, 0.3) is 5.56 Å². The quantitative estimate of drug-likeness (QED) is 0.444. The van der Waals surface area contributed by atoms with Gasteiger partial charge < -0.3 is 14.8 Å². The summed E-state index contributed by atoms with van der Waals surface area (Å²) in [6.45, 7) is -0.702. The maximum atomic E-state index is 13.4. The average Bonchev–Trinajstić information content (AvgIpc) is 3.16. The van der Waals surface area contributed by atoms with Crippen molar-refractivity contribution < 1.29 is 19.8 Å². The van der Waals surface area contributed by atoms with Crippen LogP contribution in [0, 0.1) is 11.3 Å². The largest absolute Gasteiger partial charge is 0.504 e. The van der Waals surface area contributed by atoms with E-state index >= 15 is 0 Å². The number of carbonyl (C=O) groups excluding carboxylic acids is 1. The number of thiophene rings is 1. The highest BCUT2D eigenvalue weighted by Crippen LogP contribution is 2.41. The van der Waals surface area contributed by atoms with E-state index in [1.54, 1.807) is 42.6 Å². The summed E-state index contributed by atoms with van der Waals surface area (Å²) in [7, 11) is 0. The second-order valence-electron chi connectivity index (χ2n) is 6.66. The zero-order valence-corrected chi connectivity index (χ0v) is 16.7. The predicted octanol–water partition coefficient (Wildman–Crippen LogP) is 2.28. The molecule has 0 atom stereocenters. The SMILES string of the molecule is N#Cc1ccc(Cn2c(=O)c(N(C=O)CC(=O)O)c(O)c3sc4ncccc4c32)cc1. The van der Waals surface area contributed by atoms with Crippen LogP contribution in [0.2, 0.25) is 0 Å². The number of carboxylic acid groups (broad SMARTS) is 1. The molecule has 0 aliphatic rings. The van der Waals surface area contributed by atoms with Gasteiger partial charge in [-0.05, 0) is 29.8 Å². The van der Waals surface area contributed by atoms with Crippen LogP contribution in [0.25, 0.3) is 20.4 Å². The number of pyridine rings is 2. The summed E-state index contributed by atoms with van der Waals surface area (Å²) in [6.07, 6.45) is 1.79. The number of hydrogen-bond acceptors (Lipinski definition) is 7. The Morgan fingerprint density at radius 3 is 2.68 bits per heavy atom. The molecule has 0 bridgehead atoms. The number of anilines is 1. The highest BCUT2D eigenvalue weighted by Gasteiger charge is 2.26. The maximum Gasteiger partial charge on any atom is 0.323 e. The Morgan fingerprint density at radius 1 is 1.29 bits per heavy atom. The summed E-state index contributed by atoms with van der Waals surface area (Å²) in [6, 6.07) is 12.1. The summed E-state index contributed by atoms with van der Waals surface area (Å²) >= 11 is 1.13. The number of carboxylic acids is 1. The molecule has 0 spiro atoms. The van der Waals surface area contributed by atoms with Crippen LogP contribution >= 0.6 is 11.3 Å². The lowest BCUT2D eigenvalue weighted by molar-refractivity contribution is -0.136. The maximum absolute atomic E-state index is 13.4. The zero-order valence-electron chi connectivity index (χ0n) is 15.8. The fourth-order valence-corrected chi connectivity index (χ4v) is 4.47. The van der Waals surface area contributed by atoms with Crippen molar-refractivity contribution in [2.45, 2.75) is 6.54 Å². The summed E-state index contributed by atoms with van der Waals surface area (Å²) in [5.41, 5.74) is 0.478. The van der Waals surface area contributed by atoms with E-state index in [4.69, 9.17) is 10.4 Å². The first kappa shape index (κ1) is 20.1. The number of nitriles is 1. The summed E-state index contributed by atoms with van der Waals surface area (Å²) < 4.78 is 1.69. The zero-order chi connectivity index (χ0) is 22.1. The molecule has 0 aliphatic heterocycles. The van der Waals surface area contributed by atoms with Crippen LogP contribution in [-0.4, -0.2) is 38.7 Å². The second-order valence-corrected chi connectivity index (χ2v) is 7.66. The van der Waals surface area contributed by atoms with Gasteiger partial charge in [-0.3, -0.25) is 19.3 Å². The van der Waals surface area contributed by atoms with Gasteiger partial charge in [-0.25, -0.2) is 4.98 Å². The first-order chi connectivity index (χ1) is 14.9. The van der Waals surface area contributed by atoms with Crippen LogP contribution < -0.4 is 10.5 Å². The molecule has 0 aliphatic carbocycles. The number of nitrogens with zero attached hydrogens (tertiary/aromatic N) is 4. The van der Waals surface area contributed by atoms with Crippen molar-refractivity contribution in [3.05, 3.63) is 64.1 Å². The molecule has 4 aromatic rings. The lowest BCUT2D eigenvalue weighted by Gasteiger charge is -2.19. The number of rotatable bonds is 6. The minimum Gasteiger partial charge on any atom is -0.504 e. The number of fused-ring (bicyclic) bond motifs is 3. The third-order valence-electron chi connectivity index (χ3n) is 4.74. The van der Waals surface area contributed by atoms with E-state index in [2.05, 4.69) is 4.98 Å². The second kappa shape index (κ2) is 7.89. The molecule has 31 heavy (non-hydrogen) atoms. The molecule has 0 unspecified atom stereocenters. The molecule has 4 rings (SSSR count). The number of amides is 1. The minimum atomic E-state index is -1.33. The van der Waals surface area contributed by atoms with Crippen molar-refractivity contribution >= 4 is 49.8 Å². The topological polar surface area (TPSA) is 137 Å². The smallest absolute Gasteiger partial charge is 0.323 e. The highest BCUT2D eigenvalue weighted by molar-refractivity contribution is 7.25. The molecule has 3 heterocycles. The molecule has 0 fully saturated rings. The van der Waals surface area contributed by atoms with Crippen LogP contribution in [0.1, 0.15) is 11.1 Å². The molecule has 0 saturated heterocycles. The number of hydrogen-bond donors (Lipinski definition) is 2. The van der Waals surface area contributed by atoms with Gasteiger partial charge >= 0.3 is 5.97 Å². The lowest BCUT2D eigenvalue weighted by Crippen LogP contribution is -2.35. The van der Waals surface area contributed by atoms with E-state index in [1.165, 1.54) is 4.57 Å². The Hall–Kier alpha value is -4.23. The van der Waals surface area contributed by atoms with Crippen molar-refractivity contribution in [3.63, 3.8) is 0 Å². The van der Waals surface area contributed by atoms with Crippen molar-refractivity contribution in [2.24, 2.45) is 0 Å². The number of aromatic nitrogens is 2. The summed E-state index contributed by atoms with van der Waals surface area (Å²) in [5, 5.41) is 29.6. The van der Waals surface area contributed by atoms with Crippen molar-refractivity contribution in [3.8, 4) is 11.8 Å². The van der Waals surface area contributed by atoms with Crippen molar-refractivity contribution in [1.29, 1.82) is 5.26 Å². The van der Waals surface area contributed by atoms with Gasteiger partial charge in [-0.1, -0.05) is 12.1 Å². The highest BCUT2D eigenvalue weighted by atomic mass is 32.1. The molecular weight excluding hydrogens is 420 g/mol. The molecule has 0 radical (unpaired) electrons. The summed E-state index contributed by atoms with van der Waals surface area (Å²) in [5.74, 6) is -1.80. The number of aromatic hydroxyl groups is 1. The van der Waals surface area contributed by atoms with Gasteiger partial charge in [-0.2, -0.15) is 5.26 Å². The number of carbonyl (C=O) groups is 2. The van der Waals surface area contributed by atoms with Crippen LogP contribution in [0.15, 0.2) is 47.4 Å². The van der Waals surface area contributed by atoms with E-state index in [-0.39, 0.29) is 13.0 Å². The standard InChI is InChI=1S/C21H14N4O5S/c22-8-12-3-5-13(6-4-12)9-25-16-14-2-1-7-23-20(14)31-19(16)18(29)17(21(25)30)24(11-26)10-15(27)28/h1-7,11,29H,9-10H2,(H,27,28). The van der Waals surface area contributed by atoms with Crippen molar-refractivity contribution in [2.75, 3.05) is 11.4 Å². The molecule has 9 nitrogen and oxygen atoms in total. The van der Waals surface area contributed by atoms with Gasteiger partial charge in [0.2, 0.25) is 6.41 Å². The number of aliphatic carboxylic acids is 1. The van der Waals surface area contributed by atoms with Gasteiger partial charge in [0, 0.05) is 11.6 Å². The van der Waals surface area contributed by atoms with Gasteiger partial charge in [0.05, 0.1) is 28.4 Å². The Labute approximate surface area is 178 Å². The lowest BCUT2D eigenvalue weighted by atomic mass is 10.1. The molecule has 0 saturated carbocycles. The Balaban J connectivity index is 2.03. The molecule has 1 amide bonds. The Bertz CT molecular complexity index is 1430. The van der Waals surface area contributed by atoms with Crippen LogP contribution in [0.4, 0.5) is 5.69 Å². The normalized spacial score (nSPS) is 10.8. The third-order valence-corrected chi connectivity index (χ3v) is 5.85. The van der Waals surface area contributed by atoms with Crippen molar-refractivity contribution in [1.82, 2.24) is 9.55 Å². The van der Waals surface area contributed by atoms with E-state index in [0.29, 0.717) is 36.5 Å². The fraction of sp³-hybridized carbons (Fsp3) is 0.0952. The first-order valence-corrected chi connectivity index (χ1v) is 9.82. The van der Waals surface area contributed by atoms with E-state index in [9.17, 15) is 19.5 Å². The van der Waals surface area contributed by atoms with Gasteiger partial charge in [0.1, 0.15) is 11.4 Å². The average molecular weight is 434 g/mol. The minimum absolute atomic E-state index is 0.0782. The number of benzene rings is 1. The molecule has 10 heteroatoms. The van der Waals surface area contributed by atoms with E-state index in [0.717, 1.165) is 11.3 Å². The predicted molar refractivity (Wildman–Crippen MR) is 114 cm³/mol. The van der Waals surface area contributed by atoms with E-state index in [1.807, 2.05) is 6.07 Å². The third kappa shape index (κ3) is 3.47.